The van der Waals surface area contributed by atoms with Crippen molar-refractivity contribution in [3.63, 3.8) is 0 Å². The summed E-state index contributed by atoms with van der Waals surface area (Å²) in [6.07, 6.45) is 0. The third kappa shape index (κ3) is 2.34. The Kier molecular flexibility index (Phi) is 3.56. The second-order valence-electron chi connectivity index (χ2n) is 4.72. The van der Waals surface area contributed by atoms with Crippen molar-refractivity contribution in [3.8, 4) is 0 Å². The van der Waals surface area contributed by atoms with Gasteiger partial charge in [-0.2, -0.15) is 0 Å². The molecule has 5 heteroatoms. The van der Waals surface area contributed by atoms with Gasteiger partial charge in [0.05, 0.1) is 4.90 Å². The van der Waals surface area contributed by atoms with E-state index in [0.717, 1.165) is 16.7 Å². The van der Waals surface area contributed by atoms with Gasteiger partial charge in [0.1, 0.15) is 0 Å². The maximum atomic E-state index is 12.0. The zero-order chi connectivity index (χ0) is 13.3. The first kappa shape index (κ1) is 13.3. The summed E-state index contributed by atoms with van der Waals surface area (Å²) in [6, 6.07) is 5.57. The Balaban J connectivity index is 2.47. The van der Waals surface area contributed by atoms with Crippen molar-refractivity contribution in [1.29, 1.82) is 0 Å². The van der Waals surface area contributed by atoms with Gasteiger partial charge in [-0.05, 0) is 17.2 Å². The maximum absolute atomic E-state index is 12.0. The summed E-state index contributed by atoms with van der Waals surface area (Å²) in [5.74, 6) is 0. The highest BCUT2D eigenvalue weighted by Crippen LogP contribution is 2.35. The van der Waals surface area contributed by atoms with Crippen molar-refractivity contribution < 1.29 is 8.42 Å². The largest absolute Gasteiger partial charge is 0.326 e. The van der Waals surface area contributed by atoms with E-state index < -0.39 is 9.84 Å². The van der Waals surface area contributed by atoms with Crippen molar-refractivity contribution in [3.05, 3.63) is 34.7 Å². The summed E-state index contributed by atoms with van der Waals surface area (Å²) in [7, 11) is -3.29. The monoisotopic (exact) mass is 266 g/mol. The van der Waals surface area contributed by atoms with E-state index in [1.165, 1.54) is 5.41 Å². The fourth-order valence-electron chi connectivity index (χ4n) is 2.10. The smallest absolute Gasteiger partial charge is 0.200 e. The summed E-state index contributed by atoms with van der Waals surface area (Å²) >= 11 is 0. The van der Waals surface area contributed by atoms with E-state index in [0.29, 0.717) is 24.0 Å². The highest BCUT2D eigenvalue weighted by Gasteiger charge is 2.28. The molecule has 2 rings (SSSR count). The van der Waals surface area contributed by atoms with Crippen LogP contribution in [0.5, 0.6) is 0 Å². The van der Waals surface area contributed by atoms with Gasteiger partial charge in [-0.15, -0.1) is 0 Å². The first-order chi connectivity index (χ1) is 8.45. The molecule has 1 aliphatic rings. The molecule has 0 aromatic heterocycles. The van der Waals surface area contributed by atoms with Gasteiger partial charge in [0.25, 0.3) is 0 Å². The van der Waals surface area contributed by atoms with Gasteiger partial charge in [0.15, 0.2) is 0 Å². The summed E-state index contributed by atoms with van der Waals surface area (Å²) < 4.78 is 24.1. The minimum absolute atomic E-state index is 0.308. The molecule has 1 aromatic rings. The average molecular weight is 266 g/mol. The Morgan fingerprint density at radius 2 is 2.06 bits per heavy atom. The van der Waals surface area contributed by atoms with Crippen molar-refractivity contribution >= 4 is 15.4 Å². The normalized spacial score (nSPS) is 16.8. The van der Waals surface area contributed by atoms with Crippen molar-refractivity contribution in [2.75, 3.05) is 6.54 Å². The van der Waals surface area contributed by atoms with Gasteiger partial charge in [-0.1, -0.05) is 26.0 Å². The SMILES string of the molecule is CC(C)NCC1=CS(=O)(=O)c2cccc(CN)c21. The van der Waals surface area contributed by atoms with Gasteiger partial charge < -0.3 is 11.1 Å². The molecule has 18 heavy (non-hydrogen) atoms. The molecule has 3 N–H and O–H groups in total. The van der Waals surface area contributed by atoms with Crippen LogP contribution in [0.4, 0.5) is 0 Å². The van der Waals surface area contributed by atoms with Crippen molar-refractivity contribution in [2.45, 2.75) is 31.3 Å². The van der Waals surface area contributed by atoms with Gasteiger partial charge in [0.2, 0.25) is 9.84 Å². The van der Waals surface area contributed by atoms with E-state index in [2.05, 4.69) is 5.32 Å². The Morgan fingerprint density at radius 1 is 1.33 bits per heavy atom. The van der Waals surface area contributed by atoms with E-state index in [4.69, 9.17) is 5.73 Å². The molecule has 1 aromatic carbocycles. The number of rotatable bonds is 4. The highest BCUT2D eigenvalue weighted by atomic mass is 32.2. The number of fused-ring (bicyclic) bond motifs is 1. The van der Waals surface area contributed by atoms with Gasteiger partial charge in [-0.25, -0.2) is 8.42 Å². The Labute approximate surface area is 108 Å². The number of hydrogen-bond acceptors (Lipinski definition) is 4. The molecule has 4 nitrogen and oxygen atoms in total. The van der Waals surface area contributed by atoms with Crippen molar-refractivity contribution in [2.24, 2.45) is 5.73 Å². The van der Waals surface area contributed by atoms with Crippen LogP contribution in [0.3, 0.4) is 0 Å². The van der Waals surface area contributed by atoms with Crippen LogP contribution in [0.15, 0.2) is 28.5 Å². The van der Waals surface area contributed by atoms with E-state index >= 15 is 0 Å². The number of nitrogens with one attached hydrogen (secondary N) is 1. The lowest BCUT2D eigenvalue weighted by Crippen LogP contribution is -2.24. The lowest BCUT2D eigenvalue weighted by atomic mass is 10.0. The van der Waals surface area contributed by atoms with E-state index in [1.54, 1.807) is 12.1 Å². The van der Waals surface area contributed by atoms with Crippen LogP contribution < -0.4 is 11.1 Å². The predicted molar refractivity (Wildman–Crippen MR) is 72.6 cm³/mol. The molecule has 0 saturated heterocycles. The molecule has 98 valence electrons. The second-order valence-corrected chi connectivity index (χ2v) is 6.48. The van der Waals surface area contributed by atoms with Crippen molar-refractivity contribution in [1.82, 2.24) is 5.32 Å². The summed E-state index contributed by atoms with van der Waals surface area (Å²) in [4.78, 5) is 0.381. The van der Waals surface area contributed by atoms with Gasteiger partial charge in [-0.3, -0.25) is 0 Å². The molecular formula is C13H18N2O2S. The van der Waals surface area contributed by atoms with Gasteiger partial charge in [0, 0.05) is 30.1 Å². The topological polar surface area (TPSA) is 72.2 Å². The molecule has 1 aliphatic heterocycles. The second kappa shape index (κ2) is 4.84. The Bertz CT molecular complexity index is 589. The molecule has 1 heterocycles. The van der Waals surface area contributed by atoms with Crippen LogP contribution in [0, 0.1) is 0 Å². The number of benzene rings is 1. The lowest BCUT2D eigenvalue weighted by molar-refractivity contribution is 0.605. The zero-order valence-corrected chi connectivity index (χ0v) is 11.4. The maximum Gasteiger partial charge on any atom is 0.200 e. The van der Waals surface area contributed by atoms with E-state index in [9.17, 15) is 8.42 Å². The van der Waals surface area contributed by atoms with Crippen LogP contribution in [0.25, 0.3) is 5.57 Å². The molecule has 0 fully saturated rings. The molecule has 0 spiro atoms. The zero-order valence-electron chi connectivity index (χ0n) is 10.6. The molecule has 0 radical (unpaired) electrons. The number of hydrogen-bond donors (Lipinski definition) is 2. The van der Waals surface area contributed by atoms with Gasteiger partial charge >= 0.3 is 0 Å². The van der Waals surface area contributed by atoms with Crippen LogP contribution in [-0.2, 0) is 16.4 Å². The molecule has 0 bridgehead atoms. The first-order valence-corrected chi connectivity index (χ1v) is 7.51. The van der Waals surface area contributed by atoms with Crippen LogP contribution >= 0.6 is 0 Å². The third-order valence-electron chi connectivity index (χ3n) is 2.96. The lowest BCUT2D eigenvalue weighted by Gasteiger charge is -2.12. The Hall–Kier alpha value is -1.17. The molecule has 0 amide bonds. The van der Waals surface area contributed by atoms with Crippen LogP contribution in [0.1, 0.15) is 25.0 Å². The molecular weight excluding hydrogens is 248 g/mol. The quantitative estimate of drug-likeness (QED) is 0.861. The van der Waals surface area contributed by atoms with Crippen LogP contribution in [0.2, 0.25) is 0 Å². The first-order valence-electron chi connectivity index (χ1n) is 5.97. The standard InChI is InChI=1S/C13H18N2O2S/c1-9(2)15-7-11-8-18(16,17)12-5-3-4-10(6-14)13(11)12/h3-5,8-9,15H,6-7,14H2,1-2H3. The summed E-state index contributed by atoms with van der Waals surface area (Å²) in [5, 5.41) is 4.60. The fourth-order valence-corrected chi connectivity index (χ4v) is 3.62. The molecule has 0 aliphatic carbocycles. The van der Waals surface area contributed by atoms with E-state index in [-0.39, 0.29) is 0 Å². The Morgan fingerprint density at radius 3 is 2.67 bits per heavy atom. The third-order valence-corrected chi connectivity index (χ3v) is 4.51. The van der Waals surface area contributed by atoms with Crippen LogP contribution in [-0.4, -0.2) is 21.0 Å². The number of nitrogens with two attached hydrogens (primary N) is 1. The minimum Gasteiger partial charge on any atom is -0.326 e. The summed E-state index contributed by atoms with van der Waals surface area (Å²) in [5.41, 5.74) is 8.16. The summed E-state index contributed by atoms with van der Waals surface area (Å²) in [6.45, 7) is 4.94. The number of sulfone groups is 1. The fraction of sp³-hybridized carbons (Fsp3) is 0.385. The molecule has 0 atom stereocenters. The minimum atomic E-state index is -3.29. The highest BCUT2D eigenvalue weighted by molar-refractivity contribution is 7.95. The average Bonchev–Trinajstić information content (AvgIpc) is 2.59. The predicted octanol–water partition coefficient (Wildman–Crippen LogP) is 1.27. The molecule has 0 saturated carbocycles. The molecule has 0 unspecified atom stereocenters. The van der Waals surface area contributed by atoms with E-state index in [1.807, 2.05) is 19.9 Å².